The number of hydrogen-bond acceptors (Lipinski definition) is 3. The van der Waals surface area contributed by atoms with Crippen molar-refractivity contribution in [3.8, 4) is 5.75 Å². The molecule has 0 aromatic heterocycles. The molecule has 1 aliphatic rings. The van der Waals surface area contributed by atoms with E-state index in [-0.39, 0.29) is 12.1 Å². The number of aryl methyl sites for hydroxylation is 1. The van der Waals surface area contributed by atoms with Gasteiger partial charge in [0, 0.05) is 25.4 Å². The van der Waals surface area contributed by atoms with Crippen LogP contribution >= 0.6 is 0 Å². The first kappa shape index (κ1) is 16.6. The summed E-state index contributed by atoms with van der Waals surface area (Å²) in [6, 6.07) is 5.59. The fourth-order valence-corrected chi connectivity index (χ4v) is 2.64. The largest absolute Gasteiger partial charge is 0.497 e. The molecule has 22 heavy (non-hydrogen) atoms. The van der Waals surface area contributed by atoms with Crippen LogP contribution in [0.15, 0.2) is 18.2 Å². The minimum absolute atomic E-state index is 0.0573. The van der Waals surface area contributed by atoms with Crippen molar-refractivity contribution in [2.24, 2.45) is 0 Å². The fraction of sp³-hybridized carbons (Fsp3) is 0.588. The number of nitrogens with zero attached hydrogens (tertiary/aromatic N) is 1. The predicted octanol–water partition coefficient (Wildman–Crippen LogP) is 3.43. The van der Waals surface area contributed by atoms with E-state index in [0.717, 1.165) is 49.4 Å². The average molecular weight is 306 g/mol. The number of carbonyl (C=O) groups is 1. The molecule has 1 fully saturated rings. The van der Waals surface area contributed by atoms with E-state index in [1.807, 2.05) is 30.0 Å². The van der Waals surface area contributed by atoms with E-state index in [0.29, 0.717) is 6.54 Å². The Morgan fingerprint density at radius 3 is 2.95 bits per heavy atom. The number of rotatable bonds is 5. The third kappa shape index (κ3) is 4.37. The summed E-state index contributed by atoms with van der Waals surface area (Å²) in [5, 5.41) is 2.98. The van der Waals surface area contributed by atoms with Gasteiger partial charge in [-0.05, 0) is 49.9 Å². The minimum Gasteiger partial charge on any atom is -0.497 e. The molecule has 1 aliphatic heterocycles. The van der Waals surface area contributed by atoms with E-state index < -0.39 is 0 Å². The van der Waals surface area contributed by atoms with E-state index in [4.69, 9.17) is 9.47 Å². The predicted molar refractivity (Wildman–Crippen MR) is 87.6 cm³/mol. The maximum absolute atomic E-state index is 12.4. The lowest BCUT2D eigenvalue weighted by Crippen LogP contribution is -2.45. The summed E-state index contributed by atoms with van der Waals surface area (Å²) in [6.07, 6.45) is 3.19. The highest BCUT2D eigenvalue weighted by molar-refractivity contribution is 5.90. The number of ether oxygens (including phenoxy) is 2. The molecule has 122 valence electrons. The first-order valence-electron chi connectivity index (χ1n) is 7.96. The van der Waals surface area contributed by atoms with E-state index in [1.54, 1.807) is 7.11 Å². The van der Waals surface area contributed by atoms with E-state index in [1.165, 1.54) is 0 Å². The van der Waals surface area contributed by atoms with Gasteiger partial charge in [-0.1, -0.05) is 6.92 Å². The molecule has 1 unspecified atom stereocenters. The molecule has 0 saturated carbocycles. The summed E-state index contributed by atoms with van der Waals surface area (Å²) in [5.41, 5.74) is 1.81. The first-order valence-corrected chi connectivity index (χ1v) is 7.96. The zero-order valence-corrected chi connectivity index (χ0v) is 13.7. The second-order valence-electron chi connectivity index (χ2n) is 5.69. The van der Waals surface area contributed by atoms with Gasteiger partial charge in [0.2, 0.25) is 0 Å². The van der Waals surface area contributed by atoms with Gasteiger partial charge in [-0.15, -0.1) is 0 Å². The fourth-order valence-electron chi connectivity index (χ4n) is 2.64. The molecule has 1 aromatic rings. The lowest BCUT2D eigenvalue weighted by molar-refractivity contribution is 0.0115. The second-order valence-corrected chi connectivity index (χ2v) is 5.69. The molecule has 1 aromatic carbocycles. The molecule has 0 radical (unpaired) electrons. The lowest BCUT2D eigenvalue weighted by Gasteiger charge is -2.32. The van der Waals surface area contributed by atoms with Gasteiger partial charge in [-0.2, -0.15) is 0 Å². The molecule has 1 saturated heterocycles. The zero-order chi connectivity index (χ0) is 15.9. The summed E-state index contributed by atoms with van der Waals surface area (Å²) in [4.78, 5) is 14.3. The maximum Gasteiger partial charge on any atom is 0.321 e. The third-order valence-electron chi connectivity index (χ3n) is 3.90. The van der Waals surface area contributed by atoms with Crippen molar-refractivity contribution in [2.45, 2.75) is 39.2 Å². The van der Waals surface area contributed by atoms with Gasteiger partial charge in [-0.25, -0.2) is 4.79 Å². The van der Waals surface area contributed by atoms with Gasteiger partial charge in [-0.3, -0.25) is 0 Å². The van der Waals surface area contributed by atoms with Gasteiger partial charge in [0.15, 0.2) is 0 Å². The molecule has 2 amide bonds. The topological polar surface area (TPSA) is 50.8 Å². The highest BCUT2D eigenvalue weighted by Crippen LogP contribution is 2.22. The molecule has 2 rings (SSSR count). The van der Waals surface area contributed by atoms with Crippen LogP contribution in [-0.4, -0.2) is 43.8 Å². The number of urea groups is 1. The molecule has 5 heteroatoms. The molecule has 0 spiro atoms. The van der Waals surface area contributed by atoms with Crippen molar-refractivity contribution in [1.29, 1.82) is 0 Å². The quantitative estimate of drug-likeness (QED) is 0.906. The number of benzene rings is 1. The van der Waals surface area contributed by atoms with Crippen molar-refractivity contribution in [2.75, 3.05) is 32.1 Å². The average Bonchev–Trinajstić information content (AvgIpc) is 2.55. The monoisotopic (exact) mass is 306 g/mol. The summed E-state index contributed by atoms with van der Waals surface area (Å²) in [5.74, 6) is 0.793. The summed E-state index contributed by atoms with van der Waals surface area (Å²) >= 11 is 0. The van der Waals surface area contributed by atoms with Gasteiger partial charge in [0.1, 0.15) is 5.75 Å². The van der Waals surface area contributed by atoms with Crippen molar-refractivity contribution in [1.82, 2.24) is 4.90 Å². The molecular weight excluding hydrogens is 280 g/mol. The highest BCUT2D eigenvalue weighted by atomic mass is 16.5. The molecule has 5 nitrogen and oxygen atoms in total. The first-order chi connectivity index (χ1) is 10.6. The van der Waals surface area contributed by atoms with Gasteiger partial charge in [0.05, 0.1) is 13.2 Å². The summed E-state index contributed by atoms with van der Waals surface area (Å²) < 4.78 is 11.0. The van der Waals surface area contributed by atoms with Crippen LogP contribution in [0.3, 0.4) is 0 Å². The Hall–Kier alpha value is -1.75. The Balaban J connectivity index is 1.93. The second kappa shape index (κ2) is 8.03. The number of nitrogens with one attached hydrogen (secondary N) is 1. The molecule has 1 N–H and O–H groups in total. The van der Waals surface area contributed by atoms with Crippen molar-refractivity contribution < 1.29 is 14.3 Å². The van der Waals surface area contributed by atoms with Crippen LogP contribution in [0.2, 0.25) is 0 Å². The molecule has 1 heterocycles. The van der Waals surface area contributed by atoms with E-state index >= 15 is 0 Å². The maximum atomic E-state index is 12.4. The Morgan fingerprint density at radius 1 is 1.45 bits per heavy atom. The minimum atomic E-state index is -0.0573. The molecule has 1 atom stereocenters. The van der Waals surface area contributed by atoms with Gasteiger partial charge < -0.3 is 19.7 Å². The number of piperidine rings is 1. The Morgan fingerprint density at radius 2 is 2.27 bits per heavy atom. The number of methoxy groups -OCH3 is 1. The molecule has 0 aliphatic carbocycles. The van der Waals surface area contributed by atoms with Gasteiger partial charge >= 0.3 is 6.03 Å². The number of anilines is 1. The van der Waals surface area contributed by atoms with Crippen LogP contribution in [0.25, 0.3) is 0 Å². The third-order valence-corrected chi connectivity index (χ3v) is 3.90. The van der Waals surface area contributed by atoms with E-state index in [2.05, 4.69) is 12.2 Å². The van der Waals surface area contributed by atoms with Crippen LogP contribution in [-0.2, 0) is 4.74 Å². The van der Waals surface area contributed by atoms with Crippen LogP contribution in [0.4, 0.5) is 10.5 Å². The standard InChI is InChI=1S/C17H26N2O3/c1-4-10-22-15-6-5-9-19(12-15)17(20)18-16-8-7-14(21-3)11-13(16)2/h7-8,11,15H,4-6,9-10,12H2,1-3H3,(H,18,20). The number of carbonyl (C=O) groups excluding carboxylic acids is 1. The van der Waals surface area contributed by atoms with Crippen LogP contribution in [0.5, 0.6) is 5.75 Å². The number of hydrogen-bond donors (Lipinski definition) is 1. The summed E-state index contributed by atoms with van der Waals surface area (Å²) in [6.45, 7) is 6.27. The Bertz CT molecular complexity index is 505. The lowest BCUT2D eigenvalue weighted by atomic mass is 10.1. The SMILES string of the molecule is CCCOC1CCCN(C(=O)Nc2ccc(OC)cc2C)C1. The smallest absolute Gasteiger partial charge is 0.321 e. The van der Waals surface area contributed by atoms with E-state index in [9.17, 15) is 4.79 Å². The zero-order valence-electron chi connectivity index (χ0n) is 13.7. The van der Waals surface area contributed by atoms with Crippen LogP contribution in [0.1, 0.15) is 31.7 Å². The normalized spacial score (nSPS) is 18.1. The van der Waals surface area contributed by atoms with Crippen LogP contribution < -0.4 is 10.1 Å². The highest BCUT2D eigenvalue weighted by Gasteiger charge is 2.24. The Kier molecular flexibility index (Phi) is 6.07. The van der Waals surface area contributed by atoms with Crippen molar-refractivity contribution in [3.05, 3.63) is 23.8 Å². The Labute approximate surface area is 132 Å². The van der Waals surface area contributed by atoms with Gasteiger partial charge in [0.25, 0.3) is 0 Å². The number of likely N-dealkylation sites (tertiary alicyclic amines) is 1. The van der Waals surface area contributed by atoms with Crippen molar-refractivity contribution in [3.63, 3.8) is 0 Å². The molecular formula is C17H26N2O3. The van der Waals surface area contributed by atoms with Crippen LogP contribution in [0, 0.1) is 6.92 Å². The van der Waals surface area contributed by atoms with Crippen molar-refractivity contribution >= 4 is 11.7 Å². The number of amides is 2. The summed E-state index contributed by atoms with van der Waals surface area (Å²) in [7, 11) is 1.64. The molecule has 0 bridgehead atoms.